The van der Waals surface area contributed by atoms with E-state index in [1.165, 1.54) is 28.3 Å². The molecule has 0 amide bonds. The predicted octanol–water partition coefficient (Wildman–Crippen LogP) is 7.86. The van der Waals surface area contributed by atoms with Crippen molar-refractivity contribution < 1.29 is 9.90 Å². The fraction of sp³-hybridized carbons (Fsp3) is 0.0909. The normalized spacial score (nSPS) is 12.5. The van der Waals surface area contributed by atoms with Crippen LogP contribution in [0.4, 0.5) is 17.1 Å². The van der Waals surface area contributed by atoms with Gasteiger partial charge in [-0.3, -0.25) is 0 Å². The molecule has 4 aromatic carbocycles. The molecule has 37 heavy (non-hydrogen) atoms. The number of carbonyl (C=O) groups is 1. The first-order chi connectivity index (χ1) is 17.9. The van der Waals surface area contributed by atoms with Gasteiger partial charge < -0.3 is 10.0 Å². The number of rotatable bonds is 6. The Hall–Kier alpha value is -4.88. The SMILES string of the molecule is Cc1ccc(N(c2ccc(C)cc2)c2ccc(C3=Cc4cc(/C=C(/C#N)C(=O)O)ccc4C3)cc2)cc1. The van der Waals surface area contributed by atoms with Crippen molar-refractivity contribution >= 4 is 40.8 Å². The minimum atomic E-state index is -1.22. The number of benzene rings is 4. The number of hydrogen-bond acceptors (Lipinski definition) is 3. The molecule has 4 heteroatoms. The third-order valence-corrected chi connectivity index (χ3v) is 6.62. The predicted molar refractivity (Wildman–Crippen MR) is 150 cm³/mol. The van der Waals surface area contributed by atoms with Crippen molar-refractivity contribution in [2.24, 2.45) is 0 Å². The third kappa shape index (κ3) is 5.07. The second-order valence-corrected chi connectivity index (χ2v) is 9.33. The van der Waals surface area contributed by atoms with Gasteiger partial charge in [-0.05, 0) is 96.6 Å². The first kappa shape index (κ1) is 23.8. The van der Waals surface area contributed by atoms with Crippen LogP contribution >= 0.6 is 0 Å². The van der Waals surface area contributed by atoms with Gasteiger partial charge in [-0.1, -0.05) is 65.7 Å². The van der Waals surface area contributed by atoms with E-state index in [2.05, 4.69) is 97.6 Å². The van der Waals surface area contributed by atoms with Gasteiger partial charge in [0.25, 0.3) is 0 Å². The van der Waals surface area contributed by atoms with Crippen LogP contribution in [0.25, 0.3) is 17.7 Å². The zero-order valence-corrected chi connectivity index (χ0v) is 20.8. The lowest BCUT2D eigenvalue weighted by Gasteiger charge is -2.26. The molecule has 1 aliphatic rings. The van der Waals surface area contributed by atoms with E-state index in [9.17, 15) is 4.79 Å². The van der Waals surface area contributed by atoms with E-state index in [1.807, 2.05) is 18.2 Å². The summed E-state index contributed by atoms with van der Waals surface area (Å²) in [7, 11) is 0. The topological polar surface area (TPSA) is 64.3 Å². The van der Waals surface area contributed by atoms with Gasteiger partial charge >= 0.3 is 5.97 Å². The number of nitrogens with zero attached hydrogens (tertiary/aromatic N) is 2. The van der Waals surface area contributed by atoms with Gasteiger partial charge in [0.15, 0.2) is 0 Å². The molecule has 5 rings (SSSR count). The van der Waals surface area contributed by atoms with Crippen LogP contribution in [0.1, 0.15) is 33.4 Å². The lowest BCUT2D eigenvalue weighted by atomic mass is 10.0. The molecule has 0 atom stereocenters. The lowest BCUT2D eigenvalue weighted by Crippen LogP contribution is -2.10. The summed E-state index contributed by atoms with van der Waals surface area (Å²) in [5, 5.41) is 18.2. The van der Waals surface area contributed by atoms with Crippen LogP contribution in [0, 0.1) is 25.2 Å². The number of hydrogen-bond donors (Lipinski definition) is 1. The quantitative estimate of drug-likeness (QED) is 0.224. The van der Waals surface area contributed by atoms with Crippen molar-refractivity contribution in [1.82, 2.24) is 0 Å². The molecule has 0 saturated heterocycles. The summed E-state index contributed by atoms with van der Waals surface area (Å²) >= 11 is 0. The number of carboxylic acids is 1. The maximum absolute atomic E-state index is 11.2. The second kappa shape index (κ2) is 10.0. The Kier molecular flexibility index (Phi) is 6.45. The van der Waals surface area contributed by atoms with Crippen LogP contribution in [0.5, 0.6) is 0 Å². The number of fused-ring (bicyclic) bond motifs is 1. The molecule has 0 fully saturated rings. The zero-order valence-electron chi connectivity index (χ0n) is 20.8. The van der Waals surface area contributed by atoms with E-state index in [0.717, 1.165) is 34.6 Å². The van der Waals surface area contributed by atoms with E-state index in [1.54, 1.807) is 6.07 Å². The molecule has 180 valence electrons. The molecule has 0 saturated carbocycles. The van der Waals surface area contributed by atoms with Gasteiger partial charge in [0.1, 0.15) is 11.6 Å². The van der Waals surface area contributed by atoms with Gasteiger partial charge in [-0.25, -0.2) is 4.79 Å². The Bertz CT molecular complexity index is 1520. The number of aliphatic carboxylic acids is 1. The zero-order chi connectivity index (χ0) is 25.9. The molecule has 0 heterocycles. The summed E-state index contributed by atoms with van der Waals surface area (Å²) < 4.78 is 0. The molecule has 4 nitrogen and oxygen atoms in total. The highest BCUT2D eigenvalue weighted by molar-refractivity contribution is 5.97. The molecule has 0 radical (unpaired) electrons. The van der Waals surface area contributed by atoms with Crippen molar-refractivity contribution in [3.8, 4) is 6.07 Å². The van der Waals surface area contributed by atoms with Crippen LogP contribution in [-0.2, 0) is 11.2 Å². The molecule has 1 N–H and O–H groups in total. The molecular formula is C33H26N2O2. The summed E-state index contributed by atoms with van der Waals surface area (Å²) in [6.07, 6.45) is 4.36. The lowest BCUT2D eigenvalue weighted by molar-refractivity contribution is -0.132. The highest BCUT2D eigenvalue weighted by Crippen LogP contribution is 2.37. The molecule has 4 aromatic rings. The second-order valence-electron chi connectivity index (χ2n) is 9.33. The fourth-order valence-corrected chi connectivity index (χ4v) is 4.60. The Morgan fingerprint density at radius 3 is 1.89 bits per heavy atom. The van der Waals surface area contributed by atoms with Gasteiger partial charge in [0, 0.05) is 17.1 Å². The van der Waals surface area contributed by atoms with Gasteiger partial charge in [-0.15, -0.1) is 0 Å². The molecule has 0 aromatic heterocycles. The van der Waals surface area contributed by atoms with E-state index in [0.29, 0.717) is 5.56 Å². The Morgan fingerprint density at radius 2 is 1.38 bits per heavy atom. The van der Waals surface area contributed by atoms with Crippen LogP contribution in [0.15, 0.2) is 96.6 Å². The maximum Gasteiger partial charge on any atom is 0.346 e. The monoisotopic (exact) mass is 482 g/mol. The first-order valence-electron chi connectivity index (χ1n) is 12.1. The Labute approximate surface area is 217 Å². The van der Waals surface area contributed by atoms with Gasteiger partial charge in [-0.2, -0.15) is 5.26 Å². The number of aryl methyl sites for hydroxylation is 2. The largest absolute Gasteiger partial charge is 0.477 e. The van der Waals surface area contributed by atoms with Crippen molar-refractivity contribution in [3.05, 3.63) is 130 Å². The van der Waals surface area contributed by atoms with Crippen molar-refractivity contribution in [2.45, 2.75) is 20.3 Å². The molecule has 0 bridgehead atoms. The highest BCUT2D eigenvalue weighted by Gasteiger charge is 2.17. The number of allylic oxidation sites excluding steroid dienone is 1. The van der Waals surface area contributed by atoms with Crippen LogP contribution < -0.4 is 4.90 Å². The number of anilines is 3. The summed E-state index contributed by atoms with van der Waals surface area (Å²) in [4.78, 5) is 13.4. The maximum atomic E-state index is 11.2. The summed E-state index contributed by atoms with van der Waals surface area (Å²) in [5.74, 6) is -1.22. The molecule has 0 aliphatic heterocycles. The smallest absolute Gasteiger partial charge is 0.346 e. The summed E-state index contributed by atoms with van der Waals surface area (Å²) in [5.41, 5.74) is 10.8. The third-order valence-electron chi connectivity index (χ3n) is 6.62. The molecule has 0 unspecified atom stereocenters. The van der Waals surface area contributed by atoms with Crippen LogP contribution in [0.2, 0.25) is 0 Å². The van der Waals surface area contributed by atoms with Gasteiger partial charge in [0.05, 0.1) is 0 Å². The van der Waals surface area contributed by atoms with E-state index < -0.39 is 5.97 Å². The van der Waals surface area contributed by atoms with Crippen LogP contribution in [-0.4, -0.2) is 11.1 Å². The minimum absolute atomic E-state index is 0.274. The Morgan fingerprint density at radius 1 is 0.838 bits per heavy atom. The van der Waals surface area contributed by atoms with E-state index in [4.69, 9.17) is 10.4 Å². The standard InChI is InChI=1S/C33H26N2O2/c1-22-3-11-30(12-4-22)35(31-13-5-23(2)6-14-31)32-15-9-25(10-16-32)28-19-26-8-7-24(17-27(26)20-28)18-29(21-34)33(36)37/h3-18,20H,19H2,1-2H3,(H,36,37)/b29-18-. The van der Waals surface area contributed by atoms with Crippen molar-refractivity contribution in [2.75, 3.05) is 4.90 Å². The number of nitriles is 1. The molecular weight excluding hydrogens is 456 g/mol. The highest BCUT2D eigenvalue weighted by atomic mass is 16.4. The van der Waals surface area contributed by atoms with Crippen molar-refractivity contribution in [3.63, 3.8) is 0 Å². The Balaban J connectivity index is 1.45. The summed E-state index contributed by atoms with van der Waals surface area (Å²) in [6.45, 7) is 4.19. The van der Waals surface area contributed by atoms with Crippen molar-refractivity contribution in [1.29, 1.82) is 5.26 Å². The molecule has 1 aliphatic carbocycles. The summed E-state index contributed by atoms with van der Waals surface area (Å²) in [6, 6.07) is 33.3. The molecule has 0 spiro atoms. The average molecular weight is 483 g/mol. The van der Waals surface area contributed by atoms with E-state index in [-0.39, 0.29) is 5.57 Å². The fourth-order valence-electron chi connectivity index (χ4n) is 4.60. The van der Waals surface area contributed by atoms with E-state index >= 15 is 0 Å². The average Bonchev–Trinajstić information content (AvgIpc) is 3.33. The number of carboxylic acid groups (broad SMARTS) is 1. The minimum Gasteiger partial charge on any atom is -0.477 e. The van der Waals surface area contributed by atoms with Crippen LogP contribution in [0.3, 0.4) is 0 Å². The first-order valence-corrected chi connectivity index (χ1v) is 12.1. The van der Waals surface area contributed by atoms with Gasteiger partial charge in [0.2, 0.25) is 0 Å².